The molecular weight excluding hydrogens is 309 g/mol. The standard InChI is InChI=1S/C15H15Cl2N3O/c1-10(13-5-4-12(16)7-14(13)17)20-15(21)19-9-11-3-2-6-18-8-11/h2-8,10H,9H2,1H3,(H2,19,20,21). The Bertz CT molecular complexity index is 620. The Morgan fingerprint density at radius 2 is 2.14 bits per heavy atom. The van der Waals surface area contributed by atoms with Gasteiger partial charge in [-0.3, -0.25) is 4.98 Å². The molecule has 1 aromatic heterocycles. The molecule has 2 amide bonds. The molecular formula is C15H15Cl2N3O. The summed E-state index contributed by atoms with van der Waals surface area (Å²) in [6.07, 6.45) is 3.40. The molecule has 0 radical (unpaired) electrons. The predicted molar refractivity (Wildman–Crippen MR) is 84.5 cm³/mol. The van der Waals surface area contributed by atoms with Gasteiger partial charge in [0.05, 0.1) is 6.04 Å². The number of nitrogens with one attached hydrogen (secondary N) is 2. The molecule has 2 rings (SSSR count). The number of halogens is 2. The normalized spacial score (nSPS) is 11.8. The number of carbonyl (C=O) groups excluding carboxylic acids is 1. The first-order chi connectivity index (χ1) is 10.1. The van der Waals surface area contributed by atoms with Crippen molar-refractivity contribution in [3.8, 4) is 0 Å². The van der Waals surface area contributed by atoms with E-state index in [1.165, 1.54) is 0 Å². The topological polar surface area (TPSA) is 54.0 Å². The van der Waals surface area contributed by atoms with Gasteiger partial charge in [0.1, 0.15) is 0 Å². The second kappa shape index (κ2) is 7.29. The molecule has 4 nitrogen and oxygen atoms in total. The van der Waals surface area contributed by atoms with Crippen molar-refractivity contribution in [2.45, 2.75) is 19.5 Å². The Labute approximate surface area is 133 Å². The lowest BCUT2D eigenvalue weighted by Gasteiger charge is -2.16. The molecule has 0 saturated carbocycles. The van der Waals surface area contributed by atoms with E-state index in [0.29, 0.717) is 16.6 Å². The van der Waals surface area contributed by atoms with Gasteiger partial charge in [0.15, 0.2) is 0 Å². The number of nitrogens with zero attached hydrogens (tertiary/aromatic N) is 1. The predicted octanol–water partition coefficient (Wildman–Crippen LogP) is 3.95. The van der Waals surface area contributed by atoms with Crippen molar-refractivity contribution in [3.63, 3.8) is 0 Å². The van der Waals surface area contributed by atoms with Gasteiger partial charge in [-0.1, -0.05) is 35.3 Å². The highest BCUT2D eigenvalue weighted by Crippen LogP contribution is 2.25. The summed E-state index contributed by atoms with van der Waals surface area (Å²) in [7, 11) is 0. The summed E-state index contributed by atoms with van der Waals surface area (Å²) >= 11 is 12.0. The van der Waals surface area contributed by atoms with Gasteiger partial charge in [-0.25, -0.2) is 4.79 Å². The minimum atomic E-state index is -0.266. The van der Waals surface area contributed by atoms with Crippen LogP contribution in [0.4, 0.5) is 4.79 Å². The summed E-state index contributed by atoms with van der Waals surface area (Å²) in [5, 5.41) is 6.70. The minimum absolute atomic E-state index is 0.219. The molecule has 110 valence electrons. The van der Waals surface area contributed by atoms with E-state index >= 15 is 0 Å². The van der Waals surface area contributed by atoms with Crippen LogP contribution in [0.1, 0.15) is 24.1 Å². The molecule has 1 heterocycles. The summed E-state index contributed by atoms with van der Waals surface area (Å²) in [5.74, 6) is 0. The average molecular weight is 324 g/mol. The number of urea groups is 1. The third-order valence-electron chi connectivity index (χ3n) is 2.95. The number of carbonyl (C=O) groups is 1. The van der Waals surface area contributed by atoms with Crippen LogP contribution in [-0.4, -0.2) is 11.0 Å². The van der Waals surface area contributed by atoms with Gasteiger partial charge in [0.25, 0.3) is 0 Å². The second-order valence-corrected chi connectivity index (χ2v) is 5.42. The molecule has 21 heavy (non-hydrogen) atoms. The maximum atomic E-state index is 11.9. The molecule has 0 aliphatic carbocycles. The molecule has 2 aromatic rings. The van der Waals surface area contributed by atoms with E-state index in [9.17, 15) is 4.79 Å². The molecule has 0 spiro atoms. The van der Waals surface area contributed by atoms with E-state index in [1.54, 1.807) is 30.6 Å². The van der Waals surface area contributed by atoms with E-state index in [2.05, 4.69) is 15.6 Å². The first-order valence-corrected chi connectivity index (χ1v) is 7.20. The van der Waals surface area contributed by atoms with Crippen LogP contribution in [0.3, 0.4) is 0 Å². The lowest BCUT2D eigenvalue weighted by molar-refractivity contribution is 0.237. The molecule has 0 saturated heterocycles. The number of rotatable bonds is 4. The van der Waals surface area contributed by atoms with E-state index in [-0.39, 0.29) is 12.1 Å². The molecule has 1 atom stereocenters. The number of hydrogen-bond acceptors (Lipinski definition) is 2. The number of benzene rings is 1. The van der Waals surface area contributed by atoms with Gasteiger partial charge in [0.2, 0.25) is 0 Å². The van der Waals surface area contributed by atoms with Gasteiger partial charge in [0, 0.05) is 29.0 Å². The van der Waals surface area contributed by atoms with Crippen molar-refractivity contribution in [3.05, 3.63) is 63.9 Å². The van der Waals surface area contributed by atoms with Gasteiger partial charge in [-0.15, -0.1) is 0 Å². The fraction of sp³-hybridized carbons (Fsp3) is 0.200. The highest BCUT2D eigenvalue weighted by molar-refractivity contribution is 6.35. The van der Waals surface area contributed by atoms with E-state index in [4.69, 9.17) is 23.2 Å². The Morgan fingerprint density at radius 3 is 2.81 bits per heavy atom. The van der Waals surface area contributed by atoms with Crippen LogP contribution in [0.5, 0.6) is 0 Å². The number of aromatic nitrogens is 1. The maximum absolute atomic E-state index is 11.9. The Hall–Kier alpha value is -1.78. The lowest BCUT2D eigenvalue weighted by atomic mass is 10.1. The molecule has 0 fully saturated rings. The van der Waals surface area contributed by atoms with Crippen LogP contribution in [0.15, 0.2) is 42.7 Å². The summed E-state index contributed by atoms with van der Waals surface area (Å²) in [5.41, 5.74) is 1.75. The van der Waals surface area contributed by atoms with Crippen LogP contribution < -0.4 is 10.6 Å². The van der Waals surface area contributed by atoms with Gasteiger partial charge >= 0.3 is 6.03 Å². The van der Waals surface area contributed by atoms with Crippen LogP contribution in [0, 0.1) is 0 Å². The fourth-order valence-corrected chi connectivity index (χ4v) is 2.44. The monoisotopic (exact) mass is 323 g/mol. The van der Waals surface area contributed by atoms with Crippen molar-refractivity contribution in [1.82, 2.24) is 15.6 Å². The summed E-state index contributed by atoms with van der Waals surface area (Å²) in [6, 6.07) is 8.44. The van der Waals surface area contributed by atoms with Crippen LogP contribution in [-0.2, 0) is 6.54 Å². The van der Waals surface area contributed by atoms with Crippen molar-refractivity contribution < 1.29 is 4.79 Å². The number of pyridine rings is 1. The fourth-order valence-electron chi connectivity index (χ4n) is 1.86. The average Bonchev–Trinajstić information content (AvgIpc) is 2.46. The molecule has 1 unspecified atom stereocenters. The Morgan fingerprint density at radius 1 is 1.33 bits per heavy atom. The molecule has 2 N–H and O–H groups in total. The van der Waals surface area contributed by atoms with E-state index < -0.39 is 0 Å². The quantitative estimate of drug-likeness (QED) is 0.895. The molecule has 0 aliphatic rings. The zero-order valence-corrected chi connectivity index (χ0v) is 12.9. The summed E-state index contributed by atoms with van der Waals surface area (Å²) in [4.78, 5) is 15.9. The first kappa shape index (κ1) is 15.6. The Balaban J connectivity index is 1.90. The third kappa shape index (κ3) is 4.62. The SMILES string of the molecule is CC(NC(=O)NCc1cccnc1)c1ccc(Cl)cc1Cl. The molecule has 0 aliphatic heterocycles. The van der Waals surface area contributed by atoms with Crippen LogP contribution >= 0.6 is 23.2 Å². The van der Waals surface area contributed by atoms with E-state index in [1.807, 2.05) is 19.1 Å². The summed E-state index contributed by atoms with van der Waals surface area (Å²) in [6.45, 7) is 2.28. The largest absolute Gasteiger partial charge is 0.334 e. The van der Waals surface area contributed by atoms with Gasteiger partial charge in [-0.05, 0) is 36.2 Å². The van der Waals surface area contributed by atoms with Crippen molar-refractivity contribution in [2.75, 3.05) is 0 Å². The second-order valence-electron chi connectivity index (χ2n) is 4.58. The number of hydrogen-bond donors (Lipinski definition) is 2. The molecule has 1 aromatic carbocycles. The zero-order valence-electron chi connectivity index (χ0n) is 11.4. The van der Waals surface area contributed by atoms with Gasteiger partial charge < -0.3 is 10.6 Å². The van der Waals surface area contributed by atoms with Crippen molar-refractivity contribution >= 4 is 29.2 Å². The lowest BCUT2D eigenvalue weighted by Crippen LogP contribution is -2.36. The highest BCUT2D eigenvalue weighted by atomic mass is 35.5. The smallest absolute Gasteiger partial charge is 0.315 e. The van der Waals surface area contributed by atoms with Gasteiger partial charge in [-0.2, -0.15) is 0 Å². The zero-order chi connectivity index (χ0) is 15.2. The van der Waals surface area contributed by atoms with Crippen LogP contribution in [0.25, 0.3) is 0 Å². The van der Waals surface area contributed by atoms with Crippen LogP contribution in [0.2, 0.25) is 10.0 Å². The molecule has 0 bridgehead atoms. The summed E-state index contributed by atoms with van der Waals surface area (Å²) < 4.78 is 0. The van der Waals surface area contributed by atoms with Crippen molar-refractivity contribution in [2.24, 2.45) is 0 Å². The number of amides is 2. The van der Waals surface area contributed by atoms with Crippen molar-refractivity contribution in [1.29, 1.82) is 0 Å². The maximum Gasteiger partial charge on any atom is 0.315 e. The molecule has 6 heteroatoms. The highest BCUT2D eigenvalue weighted by Gasteiger charge is 2.12. The first-order valence-electron chi connectivity index (χ1n) is 6.44. The van der Waals surface area contributed by atoms with E-state index in [0.717, 1.165) is 11.1 Å². The minimum Gasteiger partial charge on any atom is -0.334 e. The third-order valence-corrected chi connectivity index (χ3v) is 3.51. The Kier molecular flexibility index (Phi) is 5.42.